The van der Waals surface area contributed by atoms with Crippen LogP contribution in [-0.4, -0.2) is 29.3 Å². The largest absolute Gasteiger partial charge is 0.480 e. The summed E-state index contributed by atoms with van der Waals surface area (Å²) in [5.74, 6) is 0.500. The normalized spacial score (nSPS) is 12.1. The van der Waals surface area contributed by atoms with Gasteiger partial charge in [-0.1, -0.05) is 0 Å². The number of rotatable bonds is 5. The smallest absolute Gasteiger partial charge is 0.233 e. The van der Waals surface area contributed by atoms with Crippen LogP contribution in [0.15, 0.2) is 30.6 Å². The van der Waals surface area contributed by atoms with Crippen LogP contribution in [0.25, 0.3) is 0 Å². The molecule has 0 bridgehead atoms. The molecule has 2 rings (SSSR count). The Kier molecular flexibility index (Phi) is 4.25. The molecule has 3 N–H and O–H groups in total. The molecule has 19 heavy (non-hydrogen) atoms. The molecule has 2 aromatic rings. The van der Waals surface area contributed by atoms with Crippen molar-refractivity contribution < 1.29 is 4.74 Å². The third-order valence-electron chi connectivity index (χ3n) is 2.94. The fraction of sp³-hybridized carbons (Fsp3) is 0.308. The zero-order chi connectivity index (χ0) is 13.7. The number of nitrogens with zero attached hydrogens (tertiary/aromatic N) is 3. The maximum Gasteiger partial charge on any atom is 0.233 e. The first-order chi connectivity index (χ1) is 9.24. The maximum atomic E-state index is 5.92. The van der Waals surface area contributed by atoms with Gasteiger partial charge in [0.25, 0.3) is 0 Å². The summed E-state index contributed by atoms with van der Waals surface area (Å²) in [5.41, 5.74) is 8.48. The van der Waals surface area contributed by atoms with Crippen LogP contribution < -0.4 is 15.8 Å². The summed E-state index contributed by atoms with van der Waals surface area (Å²) in [5, 5.41) is 11.3. The molecule has 1 unspecified atom stereocenters. The van der Waals surface area contributed by atoms with Crippen LogP contribution in [-0.2, 0) is 6.42 Å². The average Bonchev–Trinajstić information content (AvgIpc) is 2.47. The summed E-state index contributed by atoms with van der Waals surface area (Å²) in [4.78, 5) is 4.09. The number of nitrogens with one attached hydrogen (secondary N) is 1. The lowest BCUT2D eigenvalue weighted by molar-refractivity contribution is 0.389. The van der Waals surface area contributed by atoms with Crippen LogP contribution in [0.2, 0.25) is 0 Å². The number of aromatic nitrogens is 3. The lowest BCUT2D eigenvalue weighted by atomic mass is 10.0. The molecule has 100 valence electrons. The molecule has 0 fully saturated rings. The highest BCUT2D eigenvalue weighted by molar-refractivity contribution is 5.45. The molecular weight excluding hydrogens is 242 g/mol. The highest BCUT2D eigenvalue weighted by atomic mass is 16.5. The van der Waals surface area contributed by atoms with Gasteiger partial charge in [0.1, 0.15) is 0 Å². The fourth-order valence-electron chi connectivity index (χ4n) is 1.81. The molecule has 0 saturated heterocycles. The summed E-state index contributed by atoms with van der Waals surface area (Å²) >= 11 is 0. The topological polar surface area (TPSA) is 86.0 Å². The second kappa shape index (κ2) is 6.10. The Hall–Kier alpha value is -2.21. The molecule has 0 aliphatic carbocycles. The van der Waals surface area contributed by atoms with Crippen LogP contribution in [0.1, 0.15) is 17.3 Å². The van der Waals surface area contributed by atoms with Crippen molar-refractivity contribution in [3.05, 3.63) is 41.9 Å². The van der Waals surface area contributed by atoms with E-state index in [1.807, 2.05) is 13.1 Å². The predicted octanol–water partition coefficient (Wildman–Crippen LogP) is 0.966. The Morgan fingerprint density at radius 2 is 2.16 bits per heavy atom. The number of hydrogen-bond acceptors (Lipinski definition) is 6. The van der Waals surface area contributed by atoms with Gasteiger partial charge in [-0.2, -0.15) is 5.10 Å². The summed E-state index contributed by atoms with van der Waals surface area (Å²) in [6, 6.07) is 5.51. The molecule has 6 heteroatoms. The second-order valence-electron chi connectivity index (χ2n) is 4.12. The number of methoxy groups -OCH3 is 1. The van der Waals surface area contributed by atoms with Gasteiger partial charge in [0.15, 0.2) is 0 Å². The number of anilines is 1. The first-order valence-electron chi connectivity index (χ1n) is 5.98. The molecule has 2 aromatic heterocycles. The van der Waals surface area contributed by atoms with Gasteiger partial charge in [-0.25, -0.2) is 0 Å². The fourth-order valence-corrected chi connectivity index (χ4v) is 1.81. The van der Waals surface area contributed by atoms with Gasteiger partial charge in [0.05, 0.1) is 18.8 Å². The van der Waals surface area contributed by atoms with Crippen LogP contribution in [0.4, 0.5) is 5.69 Å². The Bertz CT molecular complexity index is 529. The van der Waals surface area contributed by atoms with Crippen molar-refractivity contribution in [2.24, 2.45) is 0 Å². The van der Waals surface area contributed by atoms with E-state index < -0.39 is 0 Å². The van der Waals surface area contributed by atoms with Gasteiger partial charge >= 0.3 is 0 Å². The first kappa shape index (κ1) is 13.2. The lowest BCUT2D eigenvalue weighted by Gasteiger charge is -2.16. The third kappa shape index (κ3) is 3.17. The standard InChI is InChI=1S/C13H17N5O/c1-15-12(7-9-8-16-6-5-10(9)14)11-3-4-13(19-2)18-17-11/h3-6,8,12,15H,7H2,1-2H3,(H2,14,16). The summed E-state index contributed by atoms with van der Waals surface area (Å²) in [7, 11) is 3.44. The molecule has 0 saturated carbocycles. The first-order valence-corrected chi connectivity index (χ1v) is 5.98. The van der Waals surface area contributed by atoms with Crippen molar-refractivity contribution in [3.8, 4) is 5.88 Å². The Morgan fingerprint density at radius 1 is 1.32 bits per heavy atom. The Morgan fingerprint density at radius 3 is 2.74 bits per heavy atom. The zero-order valence-corrected chi connectivity index (χ0v) is 11.0. The molecular formula is C13H17N5O. The second-order valence-corrected chi connectivity index (χ2v) is 4.12. The molecule has 1 atom stereocenters. The molecule has 0 amide bonds. The summed E-state index contributed by atoms with van der Waals surface area (Å²) in [6.07, 6.45) is 4.16. The van der Waals surface area contributed by atoms with Gasteiger partial charge in [0.2, 0.25) is 5.88 Å². The van der Waals surface area contributed by atoms with E-state index in [2.05, 4.69) is 20.5 Å². The van der Waals surface area contributed by atoms with Crippen molar-refractivity contribution in [1.29, 1.82) is 0 Å². The van der Waals surface area contributed by atoms with E-state index in [1.54, 1.807) is 31.6 Å². The van der Waals surface area contributed by atoms with Crippen molar-refractivity contribution in [1.82, 2.24) is 20.5 Å². The SMILES string of the molecule is CNC(Cc1cnccc1N)c1ccc(OC)nn1. The van der Waals surface area contributed by atoms with Gasteiger partial charge in [0, 0.05) is 24.1 Å². The molecule has 2 heterocycles. The lowest BCUT2D eigenvalue weighted by Crippen LogP contribution is -2.21. The maximum absolute atomic E-state index is 5.92. The van der Waals surface area contributed by atoms with Gasteiger partial charge < -0.3 is 15.8 Å². The Balaban J connectivity index is 2.17. The van der Waals surface area contributed by atoms with Crippen molar-refractivity contribution in [2.45, 2.75) is 12.5 Å². The molecule has 0 aliphatic rings. The van der Waals surface area contributed by atoms with E-state index in [0.29, 0.717) is 12.3 Å². The number of nitrogen functional groups attached to an aromatic ring is 1. The van der Waals surface area contributed by atoms with E-state index in [1.165, 1.54) is 0 Å². The number of likely N-dealkylation sites (N-methyl/N-ethyl adjacent to an activating group) is 1. The van der Waals surface area contributed by atoms with Gasteiger partial charge in [-0.3, -0.25) is 4.98 Å². The van der Waals surface area contributed by atoms with Gasteiger partial charge in [-0.05, 0) is 31.2 Å². The molecule has 0 aliphatic heterocycles. The van der Waals surface area contributed by atoms with Crippen LogP contribution >= 0.6 is 0 Å². The van der Waals surface area contributed by atoms with Crippen molar-refractivity contribution in [2.75, 3.05) is 19.9 Å². The summed E-state index contributed by atoms with van der Waals surface area (Å²) < 4.78 is 5.00. The number of ether oxygens (including phenoxy) is 1. The highest BCUT2D eigenvalue weighted by Gasteiger charge is 2.14. The molecule has 6 nitrogen and oxygen atoms in total. The molecule has 0 aromatic carbocycles. The average molecular weight is 259 g/mol. The monoisotopic (exact) mass is 259 g/mol. The van der Waals surface area contributed by atoms with Crippen LogP contribution in [0.3, 0.4) is 0 Å². The van der Waals surface area contributed by atoms with Crippen LogP contribution in [0.5, 0.6) is 5.88 Å². The minimum atomic E-state index is 0.0323. The number of nitrogens with two attached hydrogens (primary N) is 1. The zero-order valence-electron chi connectivity index (χ0n) is 11.0. The Labute approximate surface area is 112 Å². The molecule has 0 spiro atoms. The van der Waals surface area contributed by atoms with Gasteiger partial charge in [-0.15, -0.1) is 5.10 Å². The van der Waals surface area contributed by atoms with E-state index in [-0.39, 0.29) is 6.04 Å². The summed E-state index contributed by atoms with van der Waals surface area (Å²) in [6.45, 7) is 0. The molecule has 0 radical (unpaired) electrons. The van der Waals surface area contributed by atoms with E-state index >= 15 is 0 Å². The number of pyridine rings is 1. The third-order valence-corrected chi connectivity index (χ3v) is 2.94. The number of hydrogen-bond donors (Lipinski definition) is 2. The van der Waals surface area contributed by atoms with E-state index in [0.717, 1.165) is 16.9 Å². The highest BCUT2D eigenvalue weighted by Crippen LogP contribution is 2.20. The minimum absolute atomic E-state index is 0.0323. The van der Waals surface area contributed by atoms with Crippen molar-refractivity contribution >= 4 is 5.69 Å². The van der Waals surface area contributed by atoms with E-state index in [9.17, 15) is 0 Å². The van der Waals surface area contributed by atoms with E-state index in [4.69, 9.17) is 10.5 Å². The minimum Gasteiger partial charge on any atom is -0.480 e. The predicted molar refractivity (Wildman–Crippen MR) is 72.7 cm³/mol. The quantitative estimate of drug-likeness (QED) is 0.832. The van der Waals surface area contributed by atoms with Crippen LogP contribution in [0, 0.1) is 0 Å². The van der Waals surface area contributed by atoms with Crippen molar-refractivity contribution in [3.63, 3.8) is 0 Å².